The van der Waals surface area contributed by atoms with Crippen LogP contribution >= 0.6 is 0 Å². The van der Waals surface area contributed by atoms with Gasteiger partial charge in [-0.15, -0.1) is 0 Å². The van der Waals surface area contributed by atoms with E-state index in [1.54, 1.807) is 0 Å². The lowest BCUT2D eigenvalue weighted by molar-refractivity contribution is -0.121. The molecule has 0 aliphatic rings. The third kappa shape index (κ3) is 7.66. The Kier molecular flexibility index (Phi) is 7.24. The largest absolute Gasteiger partial charge is 0.352 e. The Balaban J connectivity index is 2.11. The minimum Gasteiger partial charge on any atom is -0.352 e. The number of rotatable bonds is 8. The quantitative estimate of drug-likeness (QED) is 0.698. The topological polar surface area (TPSA) is 29.1 Å². The maximum Gasteiger partial charge on any atom is 0.220 e. The fourth-order valence-corrected chi connectivity index (χ4v) is 2.13. The van der Waals surface area contributed by atoms with E-state index in [9.17, 15) is 4.79 Å². The third-order valence-electron chi connectivity index (χ3n) is 3.26. The molecule has 0 saturated heterocycles. The van der Waals surface area contributed by atoms with E-state index >= 15 is 0 Å². The molecule has 1 amide bonds. The Morgan fingerprint density at radius 3 is 2.68 bits per heavy atom. The van der Waals surface area contributed by atoms with Gasteiger partial charge < -0.3 is 5.32 Å². The lowest BCUT2D eigenvalue weighted by atomic mass is 10.0. The summed E-state index contributed by atoms with van der Waals surface area (Å²) in [6, 6.07) is 8.27. The maximum absolute atomic E-state index is 11.7. The van der Waals surface area contributed by atoms with Crippen molar-refractivity contribution in [3.63, 3.8) is 0 Å². The van der Waals surface area contributed by atoms with Gasteiger partial charge in [-0.3, -0.25) is 4.79 Å². The second kappa shape index (κ2) is 8.73. The smallest absolute Gasteiger partial charge is 0.220 e. The van der Waals surface area contributed by atoms with Crippen molar-refractivity contribution < 1.29 is 4.79 Å². The van der Waals surface area contributed by atoms with Gasteiger partial charge in [0, 0.05) is 13.0 Å². The van der Waals surface area contributed by atoms with Crippen LogP contribution in [-0.2, 0) is 11.3 Å². The van der Waals surface area contributed by atoms with Gasteiger partial charge in [-0.2, -0.15) is 0 Å². The van der Waals surface area contributed by atoms with Crippen LogP contribution in [0.15, 0.2) is 24.3 Å². The van der Waals surface area contributed by atoms with Gasteiger partial charge in [-0.25, -0.2) is 0 Å². The number of amides is 1. The van der Waals surface area contributed by atoms with Crippen LogP contribution in [0.4, 0.5) is 0 Å². The van der Waals surface area contributed by atoms with Crippen molar-refractivity contribution in [2.24, 2.45) is 5.92 Å². The Morgan fingerprint density at radius 2 is 2.00 bits per heavy atom. The first-order valence-electron chi connectivity index (χ1n) is 7.40. The highest BCUT2D eigenvalue weighted by atomic mass is 16.1. The molecule has 0 fully saturated rings. The molecule has 0 bridgehead atoms. The minimum absolute atomic E-state index is 0.172. The van der Waals surface area contributed by atoms with Gasteiger partial charge in [-0.1, -0.05) is 62.9 Å². The predicted octanol–water partition coefficient (Wildman–Crippen LogP) is 4.22. The normalized spacial score (nSPS) is 10.7. The zero-order valence-corrected chi connectivity index (χ0v) is 12.5. The highest BCUT2D eigenvalue weighted by Gasteiger charge is 2.02. The molecule has 1 N–H and O–H groups in total. The van der Waals surface area contributed by atoms with E-state index in [-0.39, 0.29) is 5.91 Å². The van der Waals surface area contributed by atoms with Crippen LogP contribution in [0.2, 0.25) is 0 Å². The summed E-state index contributed by atoms with van der Waals surface area (Å²) >= 11 is 0. The van der Waals surface area contributed by atoms with E-state index in [1.165, 1.54) is 24.0 Å². The first-order valence-corrected chi connectivity index (χ1v) is 7.40. The summed E-state index contributed by atoms with van der Waals surface area (Å²) in [6.45, 7) is 7.20. The van der Waals surface area contributed by atoms with Crippen molar-refractivity contribution in [2.45, 2.75) is 59.4 Å². The van der Waals surface area contributed by atoms with Crippen LogP contribution in [0.25, 0.3) is 0 Å². The molecule has 1 aromatic carbocycles. The first-order chi connectivity index (χ1) is 9.08. The maximum atomic E-state index is 11.7. The van der Waals surface area contributed by atoms with Gasteiger partial charge in [-0.05, 0) is 24.8 Å². The number of benzene rings is 1. The van der Waals surface area contributed by atoms with E-state index in [4.69, 9.17) is 0 Å². The fourth-order valence-electron chi connectivity index (χ4n) is 2.13. The molecule has 2 nitrogen and oxygen atoms in total. The van der Waals surface area contributed by atoms with E-state index in [2.05, 4.69) is 44.3 Å². The molecule has 0 aromatic heterocycles. The van der Waals surface area contributed by atoms with Crippen LogP contribution in [0, 0.1) is 12.8 Å². The molecule has 1 rings (SSSR count). The Morgan fingerprint density at radius 1 is 1.21 bits per heavy atom. The lowest BCUT2D eigenvalue weighted by Crippen LogP contribution is -2.22. The SMILES string of the molecule is Cc1cccc(CNC(=O)CCCCCC(C)C)c1. The van der Waals surface area contributed by atoms with Crippen LogP contribution < -0.4 is 5.32 Å². The van der Waals surface area contributed by atoms with Crippen molar-refractivity contribution in [3.05, 3.63) is 35.4 Å². The molecule has 0 heterocycles. The van der Waals surface area contributed by atoms with Gasteiger partial charge in [0.25, 0.3) is 0 Å². The van der Waals surface area contributed by atoms with Crippen LogP contribution in [0.3, 0.4) is 0 Å². The fraction of sp³-hybridized carbons (Fsp3) is 0.588. The van der Waals surface area contributed by atoms with Gasteiger partial charge in [0.05, 0.1) is 0 Å². The number of hydrogen-bond donors (Lipinski definition) is 1. The minimum atomic E-state index is 0.172. The van der Waals surface area contributed by atoms with E-state index in [1.807, 2.05) is 6.07 Å². The zero-order valence-electron chi connectivity index (χ0n) is 12.5. The lowest BCUT2D eigenvalue weighted by Gasteiger charge is -2.07. The summed E-state index contributed by atoms with van der Waals surface area (Å²) < 4.78 is 0. The van der Waals surface area contributed by atoms with Crippen molar-refractivity contribution in [2.75, 3.05) is 0 Å². The molecule has 0 saturated carbocycles. The predicted molar refractivity (Wildman–Crippen MR) is 80.9 cm³/mol. The molecule has 1 aromatic rings. The van der Waals surface area contributed by atoms with Crippen molar-refractivity contribution in [3.8, 4) is 0 Å². The summed E-state index contributed by atoms with van der Waals surface area (Å²) in [5.41, 5.74) is 2.41. The summed E-state index contributed by atoms with van der Waals surface area (Å²) in [5.74, 6) is 0.946. The van der Waals surface area contributed by atoms with E-state index < -0.39 is 0 Å². The molecule has 0 spiro atoms. The molecular formula is C17H27NO. The molecule has 2 heteroatoms. The van der Waals surface area contributed by atoms with Gasteiger partial charge in [0.1, 0.15) is 0 Å². The molecule has 0 unspecified atom stereocenters. The van der Waals surface area contributed by atoms with Crippen LogP contribution in [0.5, 0.6) is 0 Å². The second-order valence-corrected chi connectivity index (χ2v) is 5.76. The van der Waals surface area contributed by atoms with Crippen molar-refractivity contribution in [1.82, 2.24) is 5.32 Å². The Hall–Kier alpha value is -1.31. The van der Waals surface area contributed by atoms with Crippen molar-refractivity contribution in [1.29, 1.82) is 0 Å². The van der Waals surface area contributed by atoms with Crippen molar-refractivity contribution >= 4 is 5.91 Å². The summed E-state index contributed by atoms with van der Waals surface area (Å²) in [7, 11) is 0. The Labute approximate surface area is 117 Å². The number of nitrogens with one attached hydrogen (secondary N) is 1. The molecule has 0 aliphatic carbocycles. The molecule has 106 valence electrons. The number of carbonyl (C=O) groups is 1. The van der Waals surface area contributed by atoms with E-state index in [0.29, 0.717) is 13.0 Å². The number of unbranched alkanes of at least 4 members (excludes halogenated alkanes) is 2. The van der Waals surface area contributed by atoms with Gasteiger partial charge >= 0.3 is 0 Å². The van der Waals surface area contributed by atoms with Gasteiger partial charge in [0.15, 0.2) is 0 Å². The number of hydrogen-bond acceptors (Lipinski definition) is 1. The number of aryl methyl sites for hydroxylation is 1. The van der Waals surface area contributed by atoms with Crippen LogP contribution in [0.1, 0.15) is 57.1 Å². The van der Waals surface area contributed by atoms with Gasteiger partial charge in [0.2, 0.25) is 5.91 Å². The summed E-state index contributed by atoms with van der Waals surface area (Å²) in [4.78, 5) is 11.7. The average Bonchev–Trinajstić information content (AvgIpc) is 2.35. The average molecular weight is 261 g/mol. The zero-order chi connectivity index (χ0) is 14.1. The summed E-state index contributed by atoms with van der Waals surface area (Å²) in [5, 5.41) is 2.99. The molecule has 19 heavy (non-hydrogen) atoms. The standard InChI is InChI=1S/C17H27NO/c1-14(2)8-5-4-6-11-17(19)18-13-16-10-7-9-15(3)12-16/h7,9-10,12,14H,4-6,8,11,13H2,1-3H3,(H,18,19). The summed E-state index contributed by atoms with van der Waals surface area (Å²) in [6.07, 6.45) is 5.33. The third-order valence-corrected chi connectivity index (χ3v) is 3.26. The number of carbonyl (C=O) groups excluding carboxylic acids is 1. The monoisotopic (exact) mass is 261 g/mol. The van der Waals surface area contributed by atoms with E-state index in [0.717, 1.165) is 18.8 Å². The molecule has 0 aliphatic heterocycles. The first kappa shape index (κ1) is 15.7. The molecular weight excluding hydrogens is 234 g/mol. The molecule has 0 radical (unpaired) electrons. The van der Waals surface area contributed by atoms with Crippen LogP contribution in [-0.4, -0.2) is 5.91 Å². The Bertz CT molecular complexity index is 385. The second-order valence-electron chi connectivity index (χ2n) is 5.76. The highest BCUT2D eigenvalue weighted by molar-refractivity contribution is 5.75. The molecule has 0 atom stereocenters. The highest BCUT2D eigenvalue weighted by Crippen LogP contribution is 2.09.